The van der Waals surface area contributed by atoms with E-state index in [1.165, 1.54) is 0 Å². The van der Waals surface area contributed by atoms with E-state index in [0.29, 0.717) is 11.0 Å². The minimum atomic E-state index is -0.967. The Bertz CT molecular complexity index is 752. The molecule has 0 radical (unpaired) electrons. The molecule has 3 aromatic rings. The molecule has 1 aromatic carbocycles. The number of H-pyrrole nitrogens is 1. The number of aromatic hydroxyl groups is 1. The zero-order valence-electron chi connectivity index (χ0n) is 9.06. The molecule has 0 aliphatic rings. The number of carboxylic acids is 1. The molecule has 0 aliphatic heterocycles. The molecule has 3 rings (SSSR count). The number of rotatable bonds is 1. The van der Waals surface area contributed by atoms with E-state index in [1.807, 2.05) is 6.07 Å². The molecule has 86 valence electrons. The number of carboxylic acid groups (broad SMARTS) is 1. The van der Waals surface area contributed by atoms with Crippen molar-refractivity contribution in [2.75, 3.05) is 0 Å². The number of phenolic OH excluding ortho intramolecular Hbond substituents is 1. The van der Waals surface area contributed by atoms with Crippen LogP contribution >= 0.6 is 0 Å². The van der Waals surface area contributed by atoms with Crippen LogP contribution < -0.4 is 0 Å². The number of aromatic nitrogens is 2. The summed E-state index contributed by atoms with van der Waals surface area (Å²) < 4.78 is 1.61. The number of aromatic amines is 1. The molecule has 0 unspecified atom stereocenters. The quantitative estimate of drug-likeness (QED) is 0.598. The van der Waals surface area contributed by atoms with Crippen molar-refractivity contribution < 1.29 is 15.0 Å². The van der Waals surface area contributed by atoms with Crippen LogP contribution in [0.15, 0.2) is 24.3 Å². The molecule has 0 amide bonds. The highest BCUT2D eigenvalue weighted by Gasteiger charge is 2.16. The summed E-state index contributed by atoms with van der Waals surface area (Å²) in [6.07, 6.45) is 0. The van der Waals surface area contributed by atoms with Gasteiger partial charge in [-0.25, -0.2) is 4.79 Å². The van der Waals surface area contributed by atoms with Crippen molar-refractivity contribution in [2.24, 2.45) is 7.05 Å². The van der Waals surface area contributed by atoms with E-state index in [1.54, 1.807) is 29.8 Å². The summed E-state index contributed by atoms with van der Waals surface area (Å²) in [6.45, 7) is 0. The van der Waals surface area contributed by atoms with E-state index >= 15 is 0 Å². The predicted octanol–water partition coefficient (Wildman–Crippen LogP) is 2.06. The number of hydrogen-bond donors (Lipinski definition) is 3. The van der Waals surface area contributed by atoms with Gasteiger partial charge in [-0.3, -0.25) is 0 Å². The van der Waals surface area contributed by atoms with E-state index in [0.717, 1.165) is 10.9 Å². The van der Waals surface area contributed by atoms with Crippen LogP contribution in [-0.2, 0) is 7.05 Å². The average Bonchev–Trinajstić information content (AvgIpc) is 2.78. The van der Waals surface area contributed by atoms with E-state index in [2.05, 4.69) is 4.98 Å². The molecule has 2 aromatic heterocycles. The van der Waals surface area contributed by atoms with Gasteiger partial charge in [-0.1, -0.05) is 12.1 Å². The lowest BCUT2D eigenvalue weighted by atomic mass is 10.2. The van der Waals surface area contributed by atoms with Gasteiger partial charge in [0.1, 0.15) is 11.4 Å². The smallest absolute Gasteiger partial charge is 0.352 e. The van der Waals surface area contributed by atoms with Gasteiger partial charge in [0.15, 0.2) is 0 Å². The van der Waals surface area contributed by atoms with Gasteiger partial charge >= 0.3 is 5.97 Å². The van der Waals surface area contributed by atoms with E-state index in [9.17, 15) is 9.90 Å². The summed E-state index contributed by atoms with van der Waals surface area (Å²) in [5.41, 5.74) is 2.34. The first kappa shape index (κ1) is 9.77. The first-order chi connectivity index (χ1) is 8.09. The monoisotopic (exact) mass is 230 g/mol. The summed E-state index contributed by atoms with van der Waals surface area (Å²) in [5, 5.41) is 19.5. The number of fused-ring (bicyclic) bond motifs is 3. The van der Waals surface area contributed by atoms with Gasteiger partial charge in [0.25, 0.3) is 0 Å². The molecular formula is C12H10N2O3. The van der Waals surface area contributed by atoms with Gasteiger partial charge in [-0.2, -0.15) is 0 Å². The molecule has 0 saturated heterocycles. The second-order valence-corrected chi connectivity index (χ2v) is 3.98. The number of aryl methyl sites for hydroxylation is 1. The van der Waals surface area contributed by atoms with E-state index in [-0.39, 0.29) is 11.4 Å². The average molecular weight is 230 g/mol. The van der Waals surface area contributed by atoms with Crippen molar-refractivity contribution in [3.05, 3.63) is 30.0 Å². The second-order valence-electron chi connectivity index (χ2n) is 3.98. The SMILES string of the molecule is Cn1c(C(=O)O)cc2[nH]c3c(O)cccc3c21. The maximum atomic E-state index is 11.0. The lowest BCUT2D eigenvalue weighted by Crippen LogP contribution is -2.03. The first-order valence-corrected chi connectivity index (χ1v) is 5.12. The second kappa shape index (κ2) is 3.04. The molecule has 2 heterocycles. The normalized spacial score (nSPS) is 11.4. The number of nitrogens with one attached hydrogen (secondary N) is 1. The Hall–Kier alpha value is -2.43. The topological polar surface area (TPSA) is 78.2 Å². The van der Waals surface area contributed by atoms with Gasteiger partial charge in [0, 0.05) is 12.4 Å². The number of phenols is 1. The highest BCUT2D eigenvalue weighted by atomic mass is 16.4. The van der Waals surface area contributed by atoms with Gasteiger partial charge in [-0.15, -0.1) is 0 Å². The molecule has 0 fully saturated rings. The first-order valence-electron chi connectivity index (χ1n) is 5.12. The van der Waals surface area contributed by atoms with E-state index < -0.39 is 5.97 Å². The molecule has 0 aliphatic carbocycles. The third kappa shape index (κ3) is 1.16. The molecular weight excluding hydrogens is 220 g/mol. The third-order valence-electron chi connectivity index (χ3n) is 3.01. The van der Waals surface area contributed by atoms with Gasteiger partial charge in [-0.05, 0) is 12.1 Å². The summed E-state index contributed by atoms with van der Waals surface area (Å²) >= 11 is 0. The maximum absolute atomic E-state index is 11.0. The number of aromatic carboxylic acids is 1. The Morgan fingerprint density at radius 2 is 2.18 bits per heavy atom. The Balaban J connectivity index is 2.50. The maximum Gasteiger partial charge on any atom is 0.352 e. The van der Waals surface area contributed by atoms with Crippen molar-refractivity contribution in [3.63, 3.8) is 0 Å². The molecule has 0 bridgehead atoms. The summed E-state index contributed by atoms with van der Waals surface area (Å²) in [6, 6.07) is 6.74. The van der Waals surface area contributed by atoms with Crippen LogP contribution in [0.4, 0.5) is 0 Å². The molecule has 3 N–H and O–H groups in total. The van der Waals surface area contributed by atoms with Crippen molar-refractivity contribution in [1.29, 1.82) is 0 Å². The Morgan fingerprint density at radius 3 is 2.88 bits per heavy atom. The minimum absolute atomic E-state index is 0.163. The fraction of sp³-hybridized carbons (Fsp3) is 0.0833. The standard InChI is InChI=1S/C12H10N2O3/c1-14-8(12(16)17)5-7-11(14)6-3-2-4-9(15)10(6)13-7/h2-5,13,15H,1H3,(H,16,17). The van der Waals surface area contributed by atoms with Crippen LogP contribution in [0.3, 0.4) is 0 Å². The Kier molecular flexibility index (Phi) is 1.75. The highest BCUT2D eigenvalue weighted by Crippen LogP contribution is 2.32. The molecule has 0 spiro atoms. The van der Waals surface area contributed by atoms with Crippen molar-refractivity contribution >= 4 is 27.9 Å². The highest BCUT2D eigenvalue weighted by molar-refractivity contribution is 6.10. The van der Waals surface area contributed by atoms with Gasteiger partial charge in [0.05, 0.1) is 16.6 Å². The fourth-order valence-electron chi connectivity index (χ4n) is 2.23. The lowest BCUT2D eigenvalue weighted by Gasteiger charge is -1.99. The number of benzene rings is 1. The third-order valence-corrected chi connectivity index (χ3v) is 3.01. The summed E-state index contributed by atoms with van der Waals surface area (Å²) in [7, 11) is 1.70. The van der Waals surface area contributed by atoms with Crippen molar-refractivity contribution in [3.8, 4) is 5.75 Å². The largest absolute Gasteiger partial charge is 0.506 e. The summed E-state index contributed by atoms with van der Waals surface area (Å²) in [4.78, 5) is 14.0. The zero-order valence-corrected chi connectivity index (χ0v) is 9.06. The number of carbonyl (C=O) groups is 1. The van der Waals surface area contributed by atoms with Gasteiger partial charge in [0.2, 0.25) is 0 Å². The van der Waals surface area contributed by atoms with Crippen LogP contribution in [0, 0.1) is 0 Å². The summed E-state index contributed by atoms with van der Waals surface area (Å²) in [5.74, 6) is -0.805. The van der Waals surface area contributed by atoms with Crippen LogP contribution in [0.5, 0.6) is 5.75 Å². The van der Waals surface area contributed by atoms with E-state index in [4.69, 9.17) is 5.11 Å². The van der Waals surface area contributed by atoms with Crippen LogP contribution in [0.1, 0.15) is 10.5 Å². The Morgan fingerprint density at radius 1 is 1.41 bits per heavy atom. The van der Waals surface area contributed by atoms with Crippen molar-refractivity contribution in [1.82, 2.24) is 9.55 Å². The van der Waals surface area contributed by atoms with Crippen LogP contribution in [-0.4, -0.2) is 25.7 Å². The fourth-order valence-corrected chi connectivity index (χ4v) is 2.23. The van der Waals surface area contributed by atoms with Crippen molar-refractivity contribution in [2.45, 2.75) is 0 Å². The minimum Gasteiger partial charge on any atom is -0.506 e. The predicted molar refractivity (Wildman–Crippen MR) is 63.4 cm³/mol. The molecule has 0 atom stereocenters. The Labute approximate surface area is 95.9 Å². The zero-order chi connectivity index (χ0) is 12.2. The van der Waals surface area contributed by atoms with Crippen LogP contribution in [0.2, 0.25) is 0 Å². The molecule has 5 nitrogen and oxygen atoms in total. The van der Waals surface area contributed by atoms with Crippen LogP contribution in [0.25, 0.3) is 21.9 Å². The number of hydrogen-bond acceptors (Lipinski definition) is 2. The molecule has 0 saturated carbocycles. The number of para-hydroxylation sites is 1. The molecule has 17 heavy (non-hydrogen) atoms. The lowest BCUT2D eigenvalue weighted by molar-refractivity contribution is 0.0687. The number of nitrogens with zero attached hydrogens (tertiary/aromatic N) is 1. The molecule has 5 heteroatoms. The van der Waals surface area contributed by atoms with Gasteiger partial charge < -0.3 is 19.8 Å².